The molecule has 2 rings (SSSR count). The van der Waals surface area contributed by atoms with Crippen molar-refractivity contribution in [2.24, 2.45) is 0 Å². The van der Waals surface area contributed by atoms with E-state index in [0.717, 1.165) is 19.7 Å². The van der Waals surface area contributed by atoms with Crippen molar-refractivity contribution in [3.63, 3.8) is 0 Å². The molecule has 1 aromatic carbocycles. The summed E-state index contributed by atoms with van der Waals surface area (Å²) in [5.74, 6) is 0.616. The molecule has 2 atom stereocenters. The molecule has 2 heteroatoms. The van der Waals surface area contributed by atoms with Crippen molar-refractivity contribution in [2.75, 3.05) is 19.7 Å². The molecular weight excluding hydrogens is 234 g/mol. The van der Waals surface area contributed by atoms with Crippen LogP contribution in [0.1, 0.15) is 49.7 Å². The SMILES string of the molecule is CCNCC(CCC1CCCO1)c1ccc(C)cc1. The molecule has 0 bridgehead atoms. The standard InChI is InChI=1S/C17H27NO/c1-3-18-13-16(10-11-17-5-4-12-19-17)15-8-6-14(2)7-9-15/h6-9,16-18H,3-5,10-13H2,1-2H3. The zero-order valence-electron chi connectivity index (χ0n) is 12.3. The molecule has 0 radical (unpaired) electrons. The first-order chi connectivity index (χ1) is 9.29. The van der Waals surface area contributed by atoms with Gasteiger partial charge in [0.15, 0.2) is 0 Å². The Morgan fingerprint density at radius 1 is 1.32 bits per heavy atom. The Morgan fingerprint density at radius 2 is 2.11 bits per heavy atom. The molecule has 2 unspecified atom stereocenters. The number of hydrogen-bond donors (Lipinski definition) is 1. The van der Waals surface area contributed by atoms with Gasteiger partial charge in [-0.2, -0.15) is 0 Å². The Bertz CT molecular complexity index is 354. The molecule has 1 fully saturated rings. The van der Waals surface area contributed by atoms with Crippen LogP contribution >= 0.6 is 0 Å². The first-order valence-corrected chi connectivity index (χ1v) is 7.68. The fourth-order valence-corrected chi connectivity index (χ4v) is 2.80. The number of hydrogen-bond acceptors (Lipinski definition) is 2. The van der Waals surface area contributed by atoms with Crippen LogP contribution < -0.4 is 5.32 Å². The highest BCUT2D eigenvalue weighted by Crippen LogP contribution is 2.25. The lowest BCUT2D eigenvalue weighted by Crippen LogP contribution is -2.22. The van der Waals surface area contributed by atoms with Crippen molar-refractivity contribution in [2.45, 2.75) is 51.6 Å². The number of rotatable bonds is 7. The van der Waals surface area contributed by atoms with Crippen LogP contribution in [0.5, 0.6) is 0 Å². The Hall–Kier alpha value is -0.860. The number of likely N-dealkylation sites (N-methyl/N-ethyl adjacent to an activating group) is 1. The molecular formula is C17H27NO. The van der Waals surface area contributed by atoms with E-state index in [-0.39, 0.29) is 0 Å². The molecule has 1 saturated heterocycles. The minimum atomic E-state index is 0.509. The average Bonchev–Trinajstić information content (AvgIpc) is 2.93. The Balaban J connectivity index is 1.91. The molecule has 0 saturated carbocycles. The Morgan fingerprint density at radius 3 is 2.74 bits per heavy atom. The van der Waals surface area contributed by atoms with E-state index < -0.39 is 0 Å². The summed E-state index contributed by atoms with van der Waals surface area (Å²) in [6.07, 6.45) is 5.43. The molecule has 106 valence electrons. The van der Waals surface area contributed by atoms with Crippen LogP contribution in [0.4, 0.5) is 0 Å². The molecule has 0 aromatic heterocycles. The Kier molecular flexibility index (Phi) is 5.87. The van der Waals surface area contributed by atoms with Gasteiger partial charge >= 0.3 is 0 Å². The highest BCUT2D eigenvalue weighted by molar-refractivity contribution is 5.24. The summed E-state index contributed by atoms with van der Waals surface area (Å²) >= 11 is 0. The number of benzene rings is 1. The van der Waals surface area contributed by atoms with Crippen LogP contribution in [0.2, 0.25) is 0 Å². The molecule has 1 N–H and O–H groups in total. The molecule has 1 aliphatic rings. The third-order valence-corrected chi connectivity index (χ3v) is 4.05. The van der Waals surface area contributed by atoms with E-state index in [1.807, 2.05) is 0 Å². The number of ether oxygens (including phenoxy) is 1. The second-order valence-electron chi connectivity index (χ2n) is 5.63. The lowest BCUT2D eigenvalue weighted by Gasteiger charge is -2.20. The average molecular weight is 261 g/mol. The maximum Gasteiger partial charge on any atom is 0.0576 e. The summed E-state index contributed by atoms with van der Waals surface area (Å²) in [6.45, 7) is 7.41. The predicted octanol–water partition coefficient (Wildman–Crippen LogP) is 3.65. The van der Waals surface area contributed by atoms with Gasteiger partial charge in [-0.3, -0.25) is 0 Å². The third kappa shape index (κ3) is 4.63. The van der Waals surface area contributed by atoms with Crippen molar-refractivity contribution >= 4 is 0 Å². The van der Waals surface area contributed by atoms with E-state index in [0.29, 0.717) is 12.0 Å². The summed E-state index contributed by atoms with van der Waals surface area (Å²) < 4.78 is 5.74. The van der Waals surface area contributed by atoms with E-state index in [2.05, 4.69) is 43.4 Å². The zero-order valence-corrected chi connectivity index (χ0v) is 12.3. The van der Waals surface area contributed by atoms with Gasteiger partial charge in [-0.1, -0.05) is 36.8 Å². The van der Waals surface area contributed by atoms with Crippen molar-refractivity contribution in [3.05, 3.63) is 35.4 Å². The largest absolute Gasteiger partial charge is 0.378 e. The minimum Gasteiger partial charge on any atom is -0.378 e. The topological polar surface area (TPSA) is 21.3 Å². The first-order valence-electron chi connectivity index (χ1n) is 7.68. The normalized spacial score (nSPS) is 20.6. The van der Waals surface area contributed by atoms with Gasteiger partial charge in [0.2, 0.25) is 0 Å². The van der Waals surface area contributed by atoms with Gasteiger partial charge in [0, 0.05) is 13.2 Å². The van der Waals surface area contributed by atoms with Gasteiger partial charge in [-0.25, -0.2) is 0 Å². The van der Waals surface area contributed by atoms with Gasteiger partial charge in [-0.15, -0.1) is 0 Å². The lowest BCUT2D eigenvalue weighted by atomic mass is 9.92. The maximum atomic E-state index is 5.74. The summed E-state index contributed by atoms with van der Waals surface area (Å²) in [7, 11) is 0. The smallest absolute Gasteiger partial charge is 0.0576 e. The van der Waals surface area contributed by atoms with Crippen molar-refractivity contribution in [1.82, 2.24) is 5.32 Å². The van der Waals surface area contributed by atoms with Crippen LogP contribution in [-0.4, -0.2) is 25.8 Å². The van der Waals surface area contributed by atoms with Crippen LogP contribution in [0.25, 0.3) is 0 Å². The van der Waals surface area contributed by atoms with E-state index in [1.54, 1.807) is 0 Å². The first kappa shape index (κ1) is 14.5. The highest BCUT2D eigenvalue weighted by atomic mass is 16.5. The van der Waals surface area contributed by atoms with Gasteiger partial charge in [0.25, 0.3) is 0 Å². The molecule has 0 amide bonds. The fourth-order valence-electron chi connectivity index (χ4n) is 2.80. The van der Waals surface area contributed by atoms with Crippen LogP contribution in [-0.2, 0) is 4.74 Å². The molecule has 0 spiro atoms. The third-order valence-electron chi connectivity index (χ3n) is 4.05. The second-order valence-corrected chi connectivity index (χ2v) is 5.63. The van der Waals surface area contributed by atoms with Gasteiger partial charge in [0.05, 0.1) is 6.10 Å². The second kappa shape index (κ2) is 7.66. The van der Waals surface area contributed by atoms with E-state index >= 15 is 0 Å². The number of nitrogens with one attached hydrogen (secondary N) is 1. The lowest BCUT2D eigenvalue weighted by molar-refractivity contribution is 0.101. The van der Waals surface area contributed by atoms with Gasteiger partial charge in [0.1, 0.15) is 0 Å². The van der Waals surface area contributed by atoms with Crippen molar-refractivity contribution in [3.8, 4) is 0 Å². The van der Waals surface area contributed by atoms with Gasteiger partial charge < -0.3 is 10.1 Å². The summed E-state index contributed by atoms with van der Waals surface area (Å²) in [5, 5.41) is 3.50. The van der Waals surface area contributed by atoms with Crippen LogP contribution in [0, 0.1) is 6.92 Å². The molecule has 2 nitrogen and oxygen atoms in total. The summed E-state index contributed by atoms with van der Waals surface area (Å²) in [6, 6.07) is 9.01. The summed E-state index contributed by atoms with van der Waals surface area (Å²) in [5.41, 5.74) is 2.80. The molecule has 1 aliphatic heterocycles. The van der Waals surface area contributed by atoms with Gasteiger partial charge in [-0.05, 0) is 50.6 Å². The fraction of sp³-hybridized carbons (Fsp3) is 0.647. The minimum absolute atomic E-state index is 0.509. The predicted molar refractivity (Wildman–Crippen MR) is 80.7 cm³/mol. The van der Waals surface area contributed by atoms with E-state index in [9.17, 15) is 0 Å². The quantitative estimate of drug-likeness (QED) is 0.809. The van der Waals surface area contributed by atoms with Crippen LogP contribution in [0.15, 0.2) is 24.3 Å². The van der Waals surface area contributed by atoms with Crippen LogP contribution in [0.3, 0.4) is 0 Å². The number of aryl methyl sites for hydroxylation is 1. The maximum absolute atomic E-state index is 5.74. The molecule has 19 heavy (non-hydrogen) atoms. The monoisotopic (exact) mass is 261 g/mol. The highest BCUT2D eigenvalue weighted by Gasteiger charge is 2.18. The van der Waals surface area contributed by atoms with Crippen molar-refractivity contribution < 1.29 is 4.74 Å². The van der Waals surface area contributed by atoms with E-state index in [1.165, 1.54) is 36.8 Å². The molecule has 0 aliphatic carbocycles. The van der Waals surface area contributed by atoms with Crippen molar-refractivity contribution in [1.29, 1.82) is 0 Å². The molecule has 1 heterocycles. The zero-order chi connectivity index (χ0) is 13.5. The Labute approximate surface area is 117 Å². The van der Waals surface area contributed by atoms with E-state index in [4.69, 9.17) is 4.74 Å². The molecule has 1 aromatic rings. The summed E-state index contributed by atoms with van der Waals surface area (Å²) in [4.78, 5) is 0.